The Kier molecular flexibility index (Phi) is 1.33. The van der Waals surface area contributed by atoms with Crippen molar-refractivity contribution in [3.05, 3.63) is 6.07 Å². The van der Waals surface area contributed by atoms with E-state index in [1.54, 1.807) is 6.07 Å². The third kappa shape index (κ3) is 0.849. The van der Waals surface area contributed by atoms with E-state index in [0.29, 0.717) is 22.7 Å². The number of nitrogen functional groups attached to an aromatic ring is 1. The molecular weight excluding hydrogens is 158 g/mol. The zero-order valence-corrected chi connectivity index (χ0v) is 6.40. The molecule has 0 aliphatic carbocycles. The van der Waals surface area contributed by atoms with Crippen LogP contribution in [0.5, 0.6) is 5.88 Å². The third-order valence-electron chi connectivity index (χ3n) is 1.49. The average Bonchev–Trinajstić information content (AvgIpc) is 2.50. The second kappa shape index (κ2) is 2.33. The van der Waals surface area contributed by atoms with Crippen molar-refractivity contribution in [3.8, 4) is 5.88 Å². The van der Waals surface area contributed by atoms with Crippen LogP contribution in [0.1, 0.15) is 0 Å². The lowest BCUT2D eigenvalue weighted by Gasteiger charge is -1.98. The molecule has 2 rings (SSSR count). The summed E-state index contributed by atoms with van der Waals surface area (Å²) in [7, 11) is 1.51. The molecule has 0 unspecified atom stereocenters. The van der Waals surface area contributed by atoms with E-state index in [4.69, 9.17) is 10.5 Å². The van der Waals surface area contributed by atoms with Gasteiger partial charge in [0.25, 0.3) is 0 Å². The molecule has 0 amide bonds. The maximum Gasteiger partial charge on any atom is 0.245 e. The van der Waals surface area contributed by atoms with Gasteiger partial charge in [0, 0.05) is 6.07 Å². The number of methoxy groups -OCH3 is 1. The molecule has 2 aromatic rings. The molecule has 0 aliphatic heterocycles. The van der Waals surface area contributed by atoms with Crippen LogP contribution in [0, 0.1) is 0 Å². The molecule has 0 radical (unpaired) electrons. The monoisotopic (exact) mass is 165 g/mol. The van der Waals surface area contributed by atoms with Crippen molar-refractivity contribution >= 4 is 16.9 Å². The molecule has 0 fully saturated rings. The molecule has 0 saturated heterocycles. The van der Waals surface area contributed by atoms with Gasteiger partial charge < -0.3 is 10.5 Å². The molecule has 0 saturated carbocycles. The number of nitrogens with one attached hydrogen (secondary N) is 1. The van der Waals surface area contributed by atoms with Gasteiger partial charge in [-0.1, -0.05) is 0 Å². The van der Waals surface area contributed by atoms with Gasteiger partial charge in [-0.15, -0.1) is 0 Å². The van der Waals surface area contributed by atoms with Crippen LogP contribution >= 0.6 is 0 Å². The lowest BCUT2D eigenvalue weighted by molar-refractivity contribution is 0.403. The summed E-state index contributed by atoms with van der Waals surface area (Å²) in [6.45, 7) is 0. The van der Waals surface area contributed by atoms with E-state index < -0.39 is 0 Å². The first-order valence-electron chi connectivity index (χ1n) is 3.32. The summed E-state index contributed by atoms with van der Waals surface area (Å²) in [5.74, 6) is 0.756. The van der Waals surface area contributed by atoms with Crippen molar-refractivity contribution in [3.63, 3.8) is 0 Å². The Morgan fingerprint density at radius 3 is 3.08 bits per heavy atom. The second-order valence-electron chi connectivity index (χ2n) is 2.25. The number of hydrogen-bond acceptors (Lipinski definition) is 5. The third-order valence-corrected chi connectivity index (χ3v) is 1.49. The highest BCUT2D eigenvalue weighted by Crippen LogP contribution is 2.20. The normalized spacial score (nSPS) is 10.4. The van der Waals surface area contributed by atoms with Crippen LogP contribution in [-0.4, -0.2) is 27.5 Å². The molecule has 0 spiro atoms. The number of rotatable bonds is 1. The van der Waals surface area contributed by atoms with E-state index in [0.717, 1.165) is 0 Å². The first kappa shape index (κ1) is 6.84. The second-order valence-corrected chi connectivity index (χ2v) is 2.25. The number of ether oxygens (including phenoxy) is 1. The van der Waals surface area contributed by atoms with Gasteiger partial charge in [-0.25, -0.2) is 0 Å². The van der Waals surface area contributed by atoms with Gasteiger partial charge in [0.15, 0.2) is 5.52 Å². The average molecular weight is 165 g/mol. The summed E-state index contributed by atoms with van der Waals surface area (Å²) in [6.07, 6.45) is 0. The van der Waals surface area contributed by atoms with Gasteiger partial charge in [0.1, 0.15) is 11.3 Å². The maximum absolute atomic E-state index is 5.49. The van der Waals surface area contributed by atoms with Gasteiger partial charge in [0.2, 0.25) is 5.88 Å². The molecule has 6 heteroatoms. The number of nitrogens with two attached hydrogens (primary N) is 1. The quantitative estimate of drug-likeness (QED) is 0.618. The Balaban J connectivity index is 2.80. The van der Waals surface area contributed by atoms with Crippen LogP contribution in [0.15, 0.2) is 6.07 Å². The largest absolute Gasteiger partial charge is 0.479 e. The van der Waals surface area contributed by atoms with Gasteiger partial charge in [-0.2, -0.15) is 20.4 Å². The van der Waals surface area contributed by atoms with E-state index >= 15 is 0 Å². The smallest absolute Gasteiger partial charge is 0.245 e. The zero-order chi connectivity index (χ0) is 8.55. The fourth-order valence-corrected chi connectivity index (χ4v) is 0.982. The number of anilines is 1. The number of H-pyrrole nitrogens is 1. The molecule has 0 aromatic carbocycles. The number of hydrogen-bond donors (Lipinski definition) is 2. The summed E-state index contributed by atoms with van der Waals surface area (Å²) in [4.78, 5) is 3.93. The Morgan fingerprint density at radius 1 is 1.50 bits per heavy atom. The van der Waals surface area contributed by atoms with E-state index in [2.05, 4.69) is 20.4 Å². The number of nitrogens with zero attached hydrogens (tertiary/aromatic N) is 3. The highest BCUT2D eigenvalue weighted by atomic mass is 16.5. The minimum atomic E-state index is 0.369. The SMILES string of the molecule is COc1nc(N)cc2n[nH]nc12. The van der Waals surface area contributed by atoms with Crippen molar-refractivity contribution in [2.45, 2.75) is 0 Å². The highest BCUT2D eigenvalue weighted by molar-refractivity contribution is 5.80. The van der Waals surface area contributed by atoms with Gasteiger partial charge in [0.05, 0.1) is 7.11 Å². The van der Waals surface area contributed by atoms with Gasteiger partial charge in [-0.3, -0.25) is 0 Å². The predicted molar refractivity (Wildman–Crippen MR) is 42.6 cm³/mol. The van der Waals surface area contributed by atoms with Crippen LogP contribution in [0.3, 0.4) is 0 Å². The molecule has 2 aromatic heterocycles. The molecule has 12 heavy (non-hydrogen) atoms. The summed E-state index contributed by atoms with van der Waals surface area (Å²) < 4.78 is 4.95. The Labute approximate surface area is 67.7 Å². The van der Waals surface area contributed by atoms with Crippen LogP contribution in [0.4, 0.5) is 5.82 Å². The summed E-state index contributed by atoms with van der Waals surface area (Å²) in [5.41, 5.74) is 6.73. The van der Waals surface area contributed by atoms with E-state index in [-0.39, 0.29) is 0 Å². The van der Waals surface area contributed by atoms with Gasteiger partial charge >= 0.3 is 0 Å². The summed E-state index contributed by atoms with van der Waals surface area (Å²) >= 11 is 0. The molecule has 3 N–H and O–H groups in total. The molecule has 0 atom stereocenters. The first-order chi connectivity index (χ1) is 5.81. The Bertz CT molecular complexity index is 409. The molecule has 0 aliphatic rings. The predicted octanol–water partition coefficient (Wildman–Crippen LogP) is -0.0563. The molecular formula is C6H7N5O. The Hall–Kier alpha value is -1.85. The fourth-order valence-electron chi connectivity index (χ4n) is 0.982. The topological polar surface area (TPSA) is 89.7 Å². The standard InChI is InChI=1S/C6H7N5O/c1-12-6-5-3(9-11-10-5)2-4(7)8-6/h2H,1H3,(H2,7,8)(H,9,10,11). The van der Waals surface area contributed by atoms with Crippen molar-refractivity contribution in [2.75, 3.05) is 12.8 Å². The number of aromatic nitrogens is 4. The van der Waals surface area contributed by atoms with Crippen molar-refractivity contribution in [2.24, 2.45) is 0 Å². The minimum absolute atomic E-state index is 0.369. The molecule has 0 bridgehead atoms. The molecule has 2 heterocycles. The number of pyridine rings is 1. The fraction of sp³-hybridized carbons (Fsp3) is 0.167. The lowest BCUT2D eigenvalue weighted by Crippen LogP contribution is -1.94. The van der Waals surface area contributed by atoms with E-state index in [9.17, 15) is 0 Å². The minimum Gasteiger partial charge on any atom is -0.479 e. The van der Waals surface area contributed by atoms with E-state index in [1.807, 2.05) is 0 Å². The van der Waals surface area contributed by atoms with Crippen molar-refractivity contribution in [1.29, 1.82) is 0 Å². The first-order valence-corrected chi connectivity index (χ1v) is 3.32. The Morgan fingerprint density at radius 2 is 2.33 bits per heavy atom. The van der Waals surface area contributed by atoms with E-state index in [1.165, 1.54) is 7.11 Å². The van der Waals surface area contributed by atoms with Crippen molar-refractivity contribution < 1.29 is 4.74 Å². The van der Waals surface area contributed by atoms with Crippen LogP contribution in [-0.2, 0) is 0 Å². The van der Waals surface area contributed by atoms with Crippen molar-refractivity contribution in [1.82, 2.24) is 20.4 Å². The number of fused-ring (bicyclic) bond motifs is 1. The summed E-state index contributed by atoms with van der Waals surface area (Å²) in [5, 5.41) is 10.2. The molecule has 6 nitrogen and oxygen atoms in total. The highest BCUT2D eigenvalue weighted by Gasteiger charge is 2.07. The van der Waals surface area contributed by atoms with Crippen LogP contribution in [0.2, 0.25) is 0 Å². The van der Waals surface area contributed by atoms with Crippen LogP contribution in [0.25, 0.3) is 11.0 Å². The lowest BCUT2D eigenvalue weighted by atomic mass is 10.4. The van der Waals surface area contributed by atoms with Gasteiger partial charge in [-0.05, 0) is 0 Å². The zero-order valence-electron chi connectivity index (χ0n) is 6.40. The molecule has 62 valence electrons. The number of aromatic amines is 1. The maximum atomic E-state index is 5.49. The van der Waals surface area contributed by atoms with Crippen LogP contribution < -0.4 is 10.5 Å². The summed E-state index contributed by atoms with van der Waals surface area (Å²) in [6, 6.07) is 1.63.